The van der Waals surface area contributed by atoms with Gasteiger partial charge in [-0.3, -0.25) is 4.90 Å². The Morgan fingerprint density at radius 2 is 1.93 bits per heavy atom. The first-order valence-corrected chi connectivity index (χ1v) is 10.5. The van der Waals surface area contributed by atoms with E-state index >= 15 is 0 Å². The van der Waals surface area contributed by atoms with Crippen molar-refractivity contribution in [2.24, 2.45) is 0 Å². The van der Waals surface area contributed by atoms with E-state index in [0.29, 0.717) is 24.3 Å². The highest BCUT2D eigenvalue weighted by Gasteiger charge is 2.18. The predicted molar refractivity (Wildman–Crippen MR) is 117 cm³/mol. The topological polar surface area (TPSA) is 67.3 Å². The molecule has 1 aliphatic rings. The van der Waals surface area contributed by atoms with Crippen LogP contribution < -0.4 is 0 Å². The molecule has 0 atom stereocenters. The van der Waals surface area contributed by atoms with Crippen LogP contribution in [0.25, 0.3) is 33.7 Å². The Morgan fingerprint density at radius 1 is 1.07 bits per heavy atom. The fourth-order valence-electron chi connectivity index (χ4n) is 4.29. The van der Waals surface area contributed by atoms with E-state index in [1.807, 2.05) is 6.07 Å². The van der Waals surface area contributed by atoms with Gasteiger partial charge in [-0.2, -0.15) is 4.98 Å². The number of aliphatic hydroxyl groups excluding tert-OH is 1. The van der Waals surface area contributed by atoms with E-state index in [4.69, 9.17) is 4.52 Å². The molecule has 6 nitrogen and oxygen atoms in total. The van der Waals surface area contributed by atoms with Gasteiger partial charge in [-0.25, -0.2) is 0 Å². The Balaban J connectivity index is 1.43. The lowest BCUT2D eigenvalue weighted by Crippen LogP contribution is -2.32. The maximum Gasteiger partial charge on any atom is 0.258 e. The first-order chi connectivity index (χ1) is 14.6. The van der Waals surface area contributed by atoms with E-state index in [-0.39, 0.29) is 6.61 Å². The van der Waals surface area contributed by atoms with Gasteiger partial charge in [-0.1, -0.05) is 17.3 Å². The molecule has 6 heteroatoms. The van der Waals surface area contributed by atoms with Gasteiger partial charge in [0.1, 0.15) is 0 Å². The van der Waals surface area contributed by atoms with Gasteiger partial charge in [0.2, 0.25) is 5.82 Å². The highest BCUT2D eigenvalue weighted by Crippen LogP contribution is 2.29. The summed E-state index contributed by atoms with van der Waals surface area (Å²) in [4.78, 5) is 6.94. The van der Waals surface area contributed by atoms with Crippen LogP contribution in [0.5, 0.6) is 0 Å². The molecule has 0 saturated heterocycles. The van der Waals surface area contributed by atoms with Crippen LogP contribution in [0.15, 0.2) is 53.2 Å². The van der Waals surface area contributed by atoms with E-state index in [1.54, 1.807) is 0 Å². The molecule has 1 aliphatic heterocycles. The number of fused-ring (bicyclic) bond motifs is 2. The Morgan fingerprint density at radius 3 is 2.77 bits per heavy atom. The molecule has 0 bridgehead atoms. The summed E-state index contributed by atoms with van der Waals surface area (Å²) < 4.78 is 7.86. The zero-order valence-electron chi connectivity index (χ0n) is 17.4. The third-order valence-corrected chi connectivity index (χ3v) is 5.92. The van der Waals surface area contributed by atoms with Gasteiger partial charge < -0.3 is 14.2 Å². The molecule has 5 rings (SSSR count). The fraction of sp³-hybridized carbons (Fsp3) is 0.333. The highest BCUT2D eigenvalue weighted by molar-refractivity contribution is 5.84. The number of hydrogen-bond donors (Lipinski definition) is 1. The van der Waals surface area contributed by atoms with E-state index in [2.05, 4.69) is 76.1 Å². The molecule has 4 aromatic rings. The summed E-state index contributed by atoms with van der Waals surface area (Å²) in [5, 5.41) is 14.6. The van der Waals surface area contributed by atoms with Gasteiger partial charge in [0.15, 0.2) is 0 Å². The second-order valence-electron chi connectivity index (χ2n) is 8.25. The van der Waals surface area contributed by atoms with Gasteiger partial charge in [0.25, 0.3) is 5.89 Å². The zero-order chi connectivity index (χ0) is 20.7. The molecule has 0 saturated carbocycles. The third-order valence-electron chi connectivity index (χ3n) is 5.92. The lowest BCUT2D eigenvalue weighted by Gasteiger charge is -2.28. The standard InChI is InChI=1S/C24H26N4O2/c1-16(2)28-10-8-18-13-20(5-6-22(18)28)24-25-23(26-30-24)19-4-3-17-7-9-27(11-12-29)15-21(17)14-19/h3-6,8,10,13-14,16,29H,7,9,11-12,15H2,1-2H3. The number of rotatable bonds is 5. The summed E-state index contributed by atoms with van der Waals surface area (Å²) >= 11 is 0. The molecule has 30 heavy (non-hydrogen) atoms. The van der Waals surface area contributed by atoms with Crippen LogP contribution in [0, 0.1) is 0 Å². The van der Waals surface area contributed by atoms with Gasteiger partial charge >= 0.3 is 0 Å². The average Bonchev–Trinajstić information content (AvgIpc) is 3.40. The van der Waals surface area contributed by atoms with E-state index in [9.17, 15) is 5.11 Å². The van der Waals surface area contributed by atoms with Crippen molar-refractivity contribution in [1.82, 2.24) is 19.6 Å². The number of aromatic nitrogens is 3. The Hall–Kier alpha value is -2.96. The first kappa shape index (κ1) is 19.0. The van der Waals surface area contributed by atoms with Gasteiger partial charge in [0.05, 0.1) is 6.61 Å². The predicted octanol–water partition coefficient (Wildman–Crippen LogP) is 4.29. The van der Waals surface area contributed by atoms with Crippen molar-refractivity contribution in [1.29, 1.82) is 0 Å². The summed E-state index contributed by atoms with van der Waals surface area (Å²) in [5.74, 6) is 1.13. The van der Waals surface area contributed by atoms with Crippen molar-refractivity contribution < 1.29 is 9.63 Å². The van der Waals surface area contributed by atoms with Crippen molar-refractivity contribution in [3.8, 4) is 22.8 Å². The van der Waals surface area contributed by atoms with E-state index in [1.165, 1.54) is 22.0 Å². The second-order valence-corrected chi connectivity index (χ2v) is 8.25. The maximum absolute atomic E-state index is 9.23. The van der Waals surface area contributed by atoms with Crippen LogP contribution >= 0.6 is 0 Å². The summed E-state index contributed by atoms with van der Waals surface area (Å²) in [6, 6.07) is 15.2. The first-order valence-electron chi connectivity index (χ1n) is 10.5. The molecule has 0 fully saturated rings. The quantitative estimate of drug-likeness (QED) is 0.539. The molecule has 2 aromatic heterocycles. The number of nitrogens with zero attached hydrogens (tertiary/aromatic N) is 4. The molecule has 0 radical (unpaired) electrons. The van der Waals surface area contributed by atoms with Crippen molar-refractivity contribution in [3.63, 3.8) is 0 Å². The number of benzene rings is 2. The lowest BCUT2D eigenvalue weighted by atomic mass is 9.97. The number of β-amino-alcohol motifs (C(OH)–C–C–N with tert-alkyl or cyclic N) is 1. The summed E-state index contributed by atoms with van der Waals surface area (Å²) in [6.07, 6.45) is 3.12. The largest absolute Gasteiger partial charge is 0.395 e. The minimum absolute atomic E-state index is 0.189. The van der Waals surface area contributed by atoms with Crippen LogP contribution in [0.3, 0.4) is 0 Å². The van der Waals surface area contributed by atoms with Crippen molar-refractivity contribution in [2.75, 3.05) is 19.7 Å². The molecule has 154 valence electrons. The molecular formula is C24H26N4O2. The SMILES string of the molecule is CC(C)n1ccc2cc(-c3nc(-c4ccc5c(c4)CN(CCO)CC5)no3)ccc21. The van der Waals surface area contributed by atoms with Crippen LogP contribution in [0.1, 0.15) is 31.0 Å². The molecular weight excluding hydrogens is 376 g/mol. The van der Waals surface area contributed by atoms with Crippen molar-refractivity contribution in [2.45, 2.75) is 32.9 Å². The summed E-state index contributed by atoms with van der Waals surface area (Å²) in [5.41, 5.74) is 5.72. The average molecular weight is 402 g/mol. The van der Waals surface area contributed by atoms with E-state index < -0.39 is 0 Å². The molecule has 0 spiro atoms. The van der Waals surface area contributed by atoms with Crippen LogP contribution in [-0.2, 0) is 13.0 Å². The molecule has 0 unspecified atom stereocenters. The zero-order valence-corrected chi connectivity index (χ0v) is 17.4. The monoisotopic (exact) mass is 402 g/mol. The molecule has 0 aliphatic carbocycles. The Bertz CT molecular complexity index is 1190. The Labute approximate surface area is 175 Å². The van der Waals surface area contributed by atoms with Gasteiger partial charge in [-0.15, -0.1) is 0 Å². The van der Waals surface area contributed by atoms with Crippen LogP contribution in [-0.4, -0.2) is 44.4 Å². The third kappa shape index (κ3) is 3.42. The van der Waals surface area contributed by atoms with Gasteiger partial charge in [0, 0.05) is 53.9 Å². The molecule has 3 heterocycles. The minimum atomic E-state index is 0.189. The van der Waals surface area contributed by atoms with Gasteiger partial charge in [-0.05, 0) is 61.7 Å². The Kier molecular flexibility index (Phi) is 4.89. The minimum Gasteiger partial charge on any atom is -0.395 e. The fourth-order valence-corrected chi connectivity index (χ4v) is 4.29. The number of aliphatic hydroxyl groups is 1. The smallest absolute Gasteiger partial charge is 0.258 e. The normalized spacial score (nSPS) is 14.5. The summed E-state index contributed by atoms with van der Waals surface area (Å²) in [7, 11) is 0. The summed E-state index contributed by atoms with van der Waals surface area (Å²) in [6.45, 7) is 7.09. The maximum atomic E-state index is 9.23. The lowest BCUT2D eigenvalue weighted by molar-refractivity contribution is 0.184. The molecule has 2 aromatic carbocycles. The number of hydrogen-bond acceptors (Lipinski definition) is 5. The van der Waals surface area contributed by atoms with Crippen molar-refractivity contribution >= 4 is 10.9 Å². The second kappa shape index (κ2) is 7.70. The van der Waals surface area contributed by atoms with Crippen molar-refractivity contribution in [3.05, 3.63) is 59.8 Å². The molecule has 1 N–H and O–H groups in total. The highest BCUT2D eigenvalue weighted by atomic mass is 16.5. The van der Waals surface area contributed by atoms with Crippen LogP contribution in [0.4, 0.5) is 0 Å². The van der Waals surface area contributed by atoms with Crippen LogP contribution in [0.2, 0.25) is 0 Å². The molecule has 0 amide bonds. The van der Waals surface area contributed by atoms with E-state index in [0.717, 1.165) is 30.6 Å².